The van der Waals surface area contributed by atoms with Crippen molar-refractivity contribution in [2.75, 3.05) is 11.5 Å². The van der Waals surface area contributed by atoms with Crippen LogP contribution in [0.3, 0.4) is 0 Å². The summed E-state index contributed by atoms with van der Waals surface area (Å²) in [6, 6.07) is 5.78. The molecular formula is C12H11ClN4. The normalized spacial score (nSPS) is 13.0. The molecule has 4 nitrogen and oxygen atoms in total. The van der Waals surface area contributed by atoms with E-state index in [4.69, 9.17) is 23.1 Å². The van der Waals surface area contributed by atoms with E-state index in [1.54, 1.807) is 0 Å². The summed E-state index contributed by atoms with van der Waals surface area (Å²) < 4.78 is 0. The first-order valence-electron chi connectivity index (χ1n) is 5.36. The van der Waals surface area contributed by atoms with Gasteiger partial charge in [-0.1, -0.05) is 17.7 Å². The van der Waals surface area contributed by atoms with E-state index in [1.807, 2.05) is 18.2 Å². The fraction of sp³-hybridized carbons (Fsp3) is 0.167. The second kappa shape index (κ2) is 3.60. The van der Waals surface area contributed by atoms with Crippen LogP contribution in [0, 0.1) is 0 Å². The maximum Gasteiger partial charge on any atom is 0.222 e. The Bertz CT molecular complexity index is 610. The molecule has 1 heterocycles. The van der Waals surface area contributed by atoms with E-state index >= 15 is 0 Å². The molecule has 0 amide bonds. The monoisotopic (exact) mass is 246 g/mol. The highest BCUT2D eigenvalue weighted by Gasteiger charge is 2.21. The lowest BCUT2D eigenvalue weighted by atomic mass is 9.89. The van der Waals surface area contributed by atoms with E-state index in [-0.39, 0.29) is 5.95 Å². The Morgan fingerprint density at radius 3 is 2.76 bits per heavy atom. The van der Waals surface area contributed by atoms with Crippen LogP contribution in [-0.2, 0) is 12.8 Å². The number of nitrogens with two attached hydrogens (primary N) is 2. The third kappa shape index (κ3) is 1.61. The number of rotatable bonds is 0. The maximum absolute atomic E-state index is 5.99. The average molecular weight is 247 g/mol. The molecule has 0 bridgehead atoms. The zero-order valence-electron chi connectivity index (χ0n) is 9.07. The second-order valence-corrected chi connectivity index (χ2v) is 4.53. The van der Waals surface area contributed by atoms with Crippen molar-refractivity contribution in [3.63, 3.8) is 0 Å². The summed E-state index contributed by atoms with van der Waals surface area (Å²) in [5, 5.41) is 0.738. The molecule has 5 heteroatoms. The molecule has 17 heavy (non-hydrogen) atoms. The number of nitrogen functional groups attached to an aromatic ring is 2. The first kappa shape index (κ1) is 10.4. The predicted molar refractivity (Wildman–Crippen MR) is 68.7 cm³/mol. The number of halogens is 1. The number of aryl methyl sites for hydroxylation is 2. The summed E-state index contributed by atoms with van der Waals surface area (Å²) in [5.41, 5.74) is 15.6. The molecule has 1 aromatic carbocycles. The van der Waals surface area contributed by atoms with Crippen LogP contribution in [0.5, 0.6) is 0 Å². The summed E-state index contributed by atoms with van der Waals surface area (Å²) in [6.45, 7) is 0. The van der Waals surface area contributed by atoms with Gasteiger partial charge in [-0.3, -0.25) is 0 Å². The molecule has 0 atom stereocenters. The number of hydrogen-bond acceptors (Lipinski definition) is 4. The summed E-state index contributed by atoms with van der Waals surface area (Å²) >= 11 is 5.99. The zero-order chi connectivity index (χ0) is 12.0. The minimum Gasteiger partial charge on any atom is -0.383 e. The summed E-state index contributed by atoms with van der Waals surface area (Å²) in [7, 11) is 0. The molecule has 1 aliphatic rings. The number of hydrogen-bond donors (Lipinski definition) is 2. The topological polar surface area (TPSA) is 77.8 Å². The summed E-state index contributed by atoms with van der Waals surface area (Å²) in [5.74, 6) is 0.675. The van der Waals surface area contributed by atoms with Gasteiger partial charge in [0.15, 0.2) is 0 Å². The van der Waals surface area contributed by atoms with Crippen molar-refractivity contribution in [3.05, 3.63) is 34.5 Å². The highest BCUT2D eigenvalue weighted by atomic mass is 35.5. The van der Waals surface area contributed by atoms with Gasteiger partial charge in [0, 0.05) is 10.6 Å². The lowest BCUT2D eigenvalue weighted by Crippen LogP contribution is -2.12. The second-order valence-electron chi connectivity index (χ2n) is 4.09. The molecule has 3 rings (SSSR count). The highest BCUT2D eigenvalue weighted by molar-refractivity contribution is 6.30. The van der Waals surface area contributed by atoms with Crippen LogP contribution in [0.15, 0.2) is 18.2 Å². The Labute approximate surface area is 104 Å². The van der Waals surface area contributed by atoms with Crippen molar-refractivity contribution in [1.82, 2.24) is 9.97 Å². The van der Waals surface area contributed by atoms with Gasteiger partial charge >= 0.3 is 0 Å². The Kier molecular flexibility index (Phi) is 2.19. The van der Waals surface area contributed by atoms with E-state index in [0.29, 0.717) is 5.82 Å². The van der Waals surface area contributed by atoms with Crippen LogP contribution in [0.25, 0.3) is 11.1 Å². The molecule has 0 radical (unpaired) electrons. The van der Waals surface area contributed by atoms with Gasteiger partial charge in [-0.2, -0.15) is 4.98 Å². The van der Waals surface area contributed by atoms with Gasteiger partial charge in [0.1, 0.15) is 5.82 Å². The van der Waals surface area contributed by atoms with E-state index in [0.717, 1.165) is 34.7 Å². The average Bonchev–Trinajstić information content (AvgIpc) is 2.28. The van der Waals surface area contributed by atoms with Crippen molar-refractivity contribution in [2.24, 2.45) is 0 Å². The van der Waals surface area contributed by atoms with Crippen molar-refractivity contribution >= 4 is 23.4 Å². The summed E-state index contributed by atoms with van der Waals surface area (Å²) in [4.78, 5) is 8.27. The summed E-state index contributed by atoms with van der Waals surface area (Å²) in [6.07, 6.45) is 1.72. The van der Waals surface area contributed by atoms with Crippen molar-refractivity contribution in [1.29, 1.82) is 0 Å². The molecule has 0 spiro atoms. The Morgan fingerprint density at radius 2 is 1.94 bits per heavy atom. The van der Waals surface area contributed by atoms with Gasteiger partial charge in [-0.25, -0.2) is 4.98 Å². The largest absolute Gasteiger partial charge is 0.383 e. The van der Waals surface area contributed by atoms with Crippen LogP contribution >= 0.6 is 11.6 Å². The minimum atomic E-state index is 0.235. The molecule has 0 saturated carbocycles. The SMILES string of the molecule is Nc1nc(N)c2c(n1)CCc1cc(Cl)ccc1-2. The van der Waals surface area contributed by atoms with Crippen LogP contribution in [0.2, 0.25) is 5.02 Å². The lowest BCUT2D eigenvalue weighted by molar-refractivity contribution is 0.890. The van der Waals surface area contributed by atoms with Crippen LogP contribution in [0.1, 0.15) is 11.3 Å². The maximum atomic E-state index is 5.99. The third-order valence-corrected chi connectivity index (χ3v) is 3.23. The van der Waals surface area contributed by atoms with E-state index in [1.165, 1.54) is 5.56 Å². The minimum absolute atomic E-state index is 0.235. The van der Waals surface area contributed by atoms with Gasteiger partial charge in [0.05, 0.1) is 5.69 Å². The van der Waals surface area contributed by atoms with Gasteiger partial charge in [0.25, 0.3) is 0 Å². The molecule has 1 aromatic heterocycles. The van der Waals surface area contributed by atoms with E-state index < -0.39 is 0 Å². The molecule has 2 aromatic rings. The molecule has 0 saturated heterocycles. The first-order valence-corrected chi connectivity index (χ1v) is 5.73. The quantitative estimate of drug-likeness (QED) is 0.746. The standard InChI is InChI=1S/C12H11ClN4/c13-7-2-3-8-6(5-7)1-4-9-10(8)11(14)17-12(15)16-9/h2-3,5H,1,4H2,(H4,14,15,16,17). The molecule has 0 aliphatic heterocycles. The highest BCUT2D eigenvalue weighted by Crippen LogP contribution is 2.37. The smallest absolute Gasteiger partial charge is 0.222 e. The molecule has 1 aliphatic carbocycles. The fourth-order valence-electron chi connectivity index (χ4n) is 2.29. The van der Waals surface area contributed by atoms with Crippen LogP contribution < -0.4 is 11.5 Å². The molecule has 4 N–H and O–H groups in total. The van der Waals surface area contributed by atoms with Gasteiger partial charge in [0.2, 0.25) is 5.95 Å². The number of anilines is 2. The zero-order valence-corrected chi connectivity index (χ0v) is 9.83. The van der Waals surface area contributed by atoms with E-state index in [2.05, 4.69) is 9.97 Å². The number of benzene rings is 1. The van der Waals surface area contributed by atoms with Crippen LogP contribution in [0.4, 0.5) is 11.8 Å². The predicted octanol–water partition coefficient (Wildman–Crippen LogP) is 2.06. The van der Waals surface area contributed by atoms with Gasteiger partial charge in [-0.05, 0) is 36.1 Å². The number of nitrogens with zero attached hydrogens (tertiary/aromatic N) is 2. The van der Waals surface area contributed by atoms with E-state index in [9.17, 15) is 0 Å². The molecule has 86 valence electrons. The first-order chi connectivity index (χ1) is 8.15. The van der Waals surface area contributed by atoms with Crippen molar-refractivity contribution < 1.29 is 0 Å². The molecule has 0 fully saturated rings. The van der Waals surface area contributed by atoms with Crippen molar-refractivity contribution in [2.45, 2.75) is 12.8 Å². The number of aromatic nitrogens is 2. The fourth-order valence-corrected chi connectivity index (χ4v) is 2.48. The Morgan fingerprint density at radius 1 is 1.12 bits per heavy atom. The molecule has 0 unspecified atom stereocenters. The lowest BCUT2D eigenvalue weighted by Gasteiger charge is -2.20. The van der Waals surface area contributed by atoms with Gasteiger partial charge < -0.3 is 11.5 Å². The third-order valence-electron chi connectivity index (χ3n) is 3.00. The molecular weight excluding hydrogens is 236 g/mol. The van der Waals surface area contributed by atoms with Crippen molar-refractivity contribution in [3.8, 4) is 11.1 Å². The Balaban J connectivity index is 2.29. The van der Waals surface area contributed by atoms with Gasteiger partial charge in [-0.15, -0.1) is 0 Å². The Hall–Kier alpha value is -1.81. The number of fused-ring (bicyclic) bond motifs is 3. The van der Waals surface area contributed by atoms with Crippen LogP contribution in [-0.4, -0.2) is 9.97 Å².